The molecule has 2 aromatic rings. The lowest BCUT2D eigenvalue weighted by Gasteiger charge is -2.12. The van der Waals surface area contributed by atoms with Crippen molar-refractivity contribution in [3.8, 4) is 5.75 Å². The second kappa shape index (κ2) is 10.3. The van der Waals surface area contributed by atoms with Crippen molar-refractivity contribution >= 4 is 46.0 Å². The van der Waals surface area contributed by atoms with Crippen molar-refractivity contribution in [1.82, 2.24) is 15.6 Å². The van der Waals surface area contributed by atoms with E-state index < -0.39 is 18.5 Å². The fourth-order valence-corrected chi connectivity index (χ4v) is 2.86. The molecule has 2 N–H and O–H groups in total. The van der Waals surface area contributed by atoms with Crippen LogP contribution in [0.3, 0.4) is 0 Å². The molecule has 9 heteroatoms. The van der Waals surface area contributed by atoms with Crippen LogP contribution >= 0.6 is 23.2 Å². The first kappa shape index (κ1) is 21.2. The largest absolute Gasteiger partial charge is 0.480 e. The van der Waals surface area contributed by atoms with Crippen LogP contribution in [0.15, 0.2) is 18.2 Å². The highest BCUT2D eigenvalue weighted by Crippen LogP contribution is 2.37. The lowest BCUT2D eigenvalue weighted by molar-refractivity contribution is -0.121. The minimum Gasteiger partial charge on any atom is -0.480 e. The molecule has 1 aromatic heterocycles. The fraction of sp³-hybridized carbons (Fsp3) is 0.389. The molecule has 0 atom stereocenters. The Kier molecular flexibility index (Phi) is 8.09. The molecule has 7 nitrogen and oxygen atoms in total. The molecule has 0 radical (unpaired) electrons. The number of aryl methyl sites for hydroxylation is 1. The third kappa shape index (κ3) is 6.23. The number of hydrogen-bond acceptors (Lipinski definition) is 5. The molecule has 0 aliphatic carbocycles. The van der Waals surface area contributed by atoms with Gasteiger partial charge in [0.2, 0.25) is 0 Å². The Labute approximate surface area is 167 Å². The van der Waals surface area contributed by atoms with Crippen LogP contribution in [0.4, 0.5) is 4.79 Å². The number of aromatic nitrogens is 1. The number of ether oxygens (including phenoxy) is 2. The summed E-state index contributed by atoms with van der Waals surface area (Å²) in [6.45, 7) is 4.89. The molecule has 0 fully saturated rings. The molecule has 0 unspecified atom stereocenters. The number of rotatable bonds is 8. The summed E-state index contributed by atoms with van der Waals surface area (Å²) in [6, 6.07) is 4.55. The number of carbonyl (C=O) groups is 2. The van der Waals surface area contributed by atoms with Gasteiger partial charge in [0.25, 0.3) is 5.91 Å². The number of halogens is 2. The molecule has 2 rings (SSSR count). The topological polar surface area (TPSA) is 89.6 Å². The quantitative estimate of drug-likeness (QED) is 0.646. The van der Waals surface area contributed by atoms with E-state index in [1.54, 1.807) is 6.07 Å². The molecule has 146 valence electrons. The van der Waals surface area contributed by atoms with Crippen LogP contribution < -0.4 is 15.4 Å². The van der Waals surface area contributed by atoms with E-state index in [1.165, 1.54) is 6.07 Å². The van der Waals surface area contributed by atoms with Gasteiger partial charge in [-0.1, -0.05) is 23.2 Å². The second-order valence-electron chi connectivity index (χ2n) is 5.66. The van der Waals surface area contributed by atoms with Gasteiger partial charge in [0.15, 0.2) is 12.4 Å². The minimum absolute atomic E-state index is 0.235. The molecule has 0 aliphatic rings. The van der Waals surface area contributed by atoms with E-state index in [0.717, 1.165) is 5.69 Å². The second-order valence-corrected chi connectivity index (χ2v) is 6.48. The van der Waals surface area contributed by atoms with Gasteiger partial charge < -0.3 is 14.8 Å². The van der Waals surface area contributed by atoms with Crippen LogP contribution in [0.1, 0.15) is 19.0 Å². The number of benzene rings is 1. The zero-order chi connectivity index (χ0) is 19.8. The molecule has 0 spiro atoms. The third-order valence-electron chi connectivity index (χ3n) is 3.53. The molecule has 1 aromatic carbocycles. The third-order valence-corrected chi connectivity index (χ3v) is 4.13. The first-order chi connectivity index (χ1) is 12.9. The van der Waals surface area contributed by atoms with Crippen molar-refractivity contribution in [2.24, 2.45) is 0 Å². The molecule has 3 amide bonds. The molecule has 0 aliphatic heterocycles. The molecule has 0 saturated carbocycles. The van der Waals surface area contributed by atoms with Crippen LogP contribution in [0.25, 0.3) is 10.9 Å². The average Bonchev–Trinajstić information content (AvgIpc) is 2.61. The predicted octanol–water partition coefficient (Wildman–Crippen LogP) is 3.48. The highest BCUT2D eigenvalue weighted by Gasteiger charge is 2.15. The van der Waals surface area contributed by atoms with Gasteiger partial charge in [-0.15, -0.1) is 0 Å². The van der Waals surface area contributed by atoms with E-state index in [4.69, 9.17) is 32.7 Å². The molecule has 27 heavy (non-hydrogen) atoms. The Morgan fingerprint density at radius 1 is 1.22 bits per heavy atom. The summed E-state index contributed by atoms with van der Waals surface area (Å²) in [5.41, 5.74) is 1.21. The van der Waals surface area contributed by atoms with Crippen LogP contribution in [0.2, 0.25) is 10.0 Å². The maximum absolute atomic E-state index is 11.9. The van der Waals surface area contributed by atoms with Gasteiger partial charge in [-0.3, -0.25) is 10.1 Å². The van der Waals surface area contributed by atoms with Gasteiger partial charge in [0.05, 0.1) is 10.0 Å². The molecule has 0 bridgehead atoms. The van der Waals surface area contributed by atoms with E-state index in [2.05, 4.69) is 15.6 Å². The van der Waals surface area contributed by atoms with Gasteiger partial charge in [-0.25, -0.2) is 9.78 Å². The number of amides is 3. The number of nitrogens with zero attached hydrogens (tertiary/aromatic N) is 1. The Hall–Kier alpha value is -2.09. The molecule has 1 heterocycles. The zero-order valence-electron chi connectivity index (χ0n) is 15.1. The van der Waals surface area contributed by atoms with Crippen LogP contribution in [0.5, 0.6) is 5.75 Å². The Morgan fingerprint density at radius 2 is 2.00 bits per heavy atom. The number of nitrogens with one attached hydrogen (secondary N) is 2. The van der Waals surface area contributed by atoms with Gasteiger partial charge in [0, 0.05) is 30.8 Å². The van der Waals surface area contributed by atoms with E-state index >= 15 is 0 Å². The summed E-state index contributed by atoms with van der Waals surface area (Å²) in [7, 11) is 0. The van der Waals surface area contributed by atoms with E-state index in [9.17, 15) is 9.59 Å². The number of fused-ring (bicyclic) bond motifs is 1. The number of hydrogen-bond donors (Lipinski definition) is 2. The average molecular weight is 414 g/mol. The van der Waals surface area contributed by atoms with E-state index in [0.29, 0.717) is 42.1 Å². The summed E-state index contributed by atoms with van der Waals surface area (Å²) in [5, 5.41) is 6.08. The van der Waals surface area contributed by atoms with Crippen molar-refractivity contribution in [1.29, 1.82) is 0 Å². The highest BCUT2D eigenvalue weighted by atomic mass is 35.5. The van der Waals surface area contributed by atoms with Crippen LogP contribution in [-0.4, -0.2) is 43.3 Å². The summed E-state index contributed by atoms with van der Waals surface area (Å²) in [4.78, 5) is 28.0. The number of pyridine rings is 1. The Morgan fingerprint density at radius 3 is 2.74 bits per heavy atom. The van der Waals surface area contributed by atoms with Crippen molar-refractivity contribution in [3.63, 3.8) is 0 Å². The van der Waals surface area contributed by atoms with Crippen molar-refractivity contribution in [2.75, 3.05) is 26.4 Å². The van der Waals surface area contributed by atoms with Crippen molar-refractivity contribution in [2.45, 2.75) is 20.3 Å². The minimum atomic E-state index is -0.607. The van der Waals surface area contributed by atoms with Crippen LogP contribution in [-0.2, 0) is 9.53 Å². The van der Waals surface area contributed by atoms with E-state index in [1.807, 2.05) is 19.9 Å². The standard InChI is InChI=1S/C18H21Cl2N3O4/c1-3-26-8-4-7-21-18(25)23-15(24)10-27-17-14(20)9-13(19)12-6-5-11(2)22-16(12)17/h5-6,9H,3-4,7-8,10H2,1-2H3,(H2,21,23,24,25). The number of urea groups is 1. The summed E-state index contributed by atoms with van der Waals surface area (Å²) in [6.07, 6.45) is 0.656. The first-order valence-corrected chi connectivity index (χ1v) is 9.21. The van der Waals surface area contributed by atoms with Gasteiger partial charge in [0.1, 0.15) is 5.52 Å². The monoisotopic (exact) mass is 413 g/mol. The zero-order valence-corrected chi connectivity index (χ0v) is 16.6. The van der Waals surface area contributed by atoms with Gasteiger partial charge >= 0.3 is 6.03 Å². The maximum Gasteiger partial charge on any atom is 0.321 e. The summed E-state index contributed by atoms with van der Waals surface area (Å²) < 4.78 is 10.7. The Balaban J connectivity index is 1.93. The van der Waals surface area contributed by atoms with Gasteiger partial charge in [-0.05, 0) is 38.5 Å². The SMILES string of the molecule is CCOCCCNC(=O)NC(=O)COc1c(Cl)cc(Cl)c2ccc(C)nc12. The smallest absolute Gasteiger partial charge is 0.321 e. The van der Waals surface area contributed by atoms with Crippen molar-refractivity contribution < 1.29 is 19.1 Å². The normalized spacial score (nSPS) is 10.7. The number of carbonyl (C=O) groups excluding carboxylic acids is 2. The highest BCUT2D eigenvalue weighted by molar-refractivity contribution is 6.39. The summed E-state index contributed by atoms with van der Waals surface area (Å²) in [5.74, 6) is -0.365. The molecular formula is C18H21Cl2N3O4. The molecule has 0 saturated heterocycles. The lowest BCUT2D eigenvalue weighted by Crippen LogP contribution is -2.42. The lowest BCUT2D eigenvalue weighted by atomic mass is 10.2. The van der Waals surface area contributed by atoms with Crippen LogP contribution in [0, 0.1) is 6.92 Å². The maximum atomic E-state index is 11.9. The van der Waals surface area contributed by atoms with Crippen molar-refractivity contribution in [3.05, 3.63) is 33.9 Å². The first-order valence-electron chi connectivity index (χ1n) is 8.46. The fourth-order valence-electron chi connectivity index (χ4n) is 2.29. The Bertz CT molecular complexity index is 830. The van der Waals surface area contributed by atoms with E-state index in [-0.39, 0.29) is 10.8 Å². The number of imide groups is 1. The summed E-state index contributed by atoms with van der Waals surface area (Å²) >= 11 is 12.4. The van der Waals surface area contributed by atoms with Gasteiger partial charge in [-0.2, -0.15) is 0 Å². The predicted molar refractivity (Wildman–Crippen MR) is 105 cm³/mol. The molecular weight excluding hydrogens is 393 g/mol.